The lowest BCUT2D eigenvalue weighted by molar-refractivity contribution is 0.0642. The molecule has 2 aliphatic heterocycles. The second kappa shape index (κ2) is 10.3. The second-order valence-corrected chi connectivity index (χ2v) is 9.29. The van der Waals surface area contributed by atoms with Crippen molar-refractivity contribution in [1.82, 2.24) is 15.1 Å². The number of piperidine rings is 1. The fourth-order valence-corrected chi connectivity index (χ4v) is 4.94. The highest BCUT2D eigenvalue weighted by molar-refractivity contribution is 6.21. The van der Waals surface area contributed by atoms with Crippen LogP contribution in [0.4, 0.5) is 0 Å². The van der Waals surface area contributed by atoms with Crippen molar-refractivity contribution in [3.8, 4) is 5.75 Å². The van der Waals surface area contributed by atoms with Crippen molar-refractivity contribution >= 4 is 17.7 Å². The molecule has 1 fully saturated rings. The molecule has 0 radical (unpaired) electrons. The van der Waals surface area contributed by atoms with Gasteiger partial charge in [-0.3, -0.25) is 24.2 Å². The molecular weight excluding hydrogens is 454 g/mol. The molecule has 0 atom stereocenters. The molecule has 0 aromatic heterocycles. The van der Waals surface area contributed by atoms with Crippen LogP contribution in [0.2, 0.25) is 0 Å². The predicted molar refractivity (Wildman–Crippen MR) is 136 cm³/mol. The number of hydrogen-bond acceptors (Lipinski definition) is 5. The molecule has 0 unspecified atom stereocenters. The molecule has 2 heterocycles. The molecule has 0 spiro atoms. The molecule has 3 aromatic rings. The lowest BCUT2D eigenvalue weighted by atomic mass is 10.0. The number of hydrogen-bond donors (Lipinski definition) is 1. The standard InChI is InChI=1S/C29H29N3O4/c1-36-26-12-11-21(19-32-28(34)23-9-5-6-10-24(23)29(32)35)17-25(26)27(33)30-22-13-15-31(16-14-22)18-20-7-3-2-4-8-20/h2-12,17,22H,13-16,18-19H2,1H3,(H,30,33). The van der Waals surface area contributed by atoms with Crippen molar-refractivity contribution < 1.29 is 19.1 Å². The van der Waals surface area contributed by atoms with Crippen LogP contribution in [-0.2, 0) is 13.1 Å². The van der Waals surface area contributed by atoms with Gasteiger partial charge in [-0.1, -0.05) is 48.5 Å². The summed E-state index contributed by atoms with van der Waals surface area (Å²) in [5, 5.41) is 3.15. The van der Waals surface area contributed by atoms with Gasteiger partial charge in [-0.05, 0) is 48.2 Å². The Morgan fingerprint density at radius 1 is 0.861 bits per heavy atom. The summed E-state index contributed by atoms with van der Waals surface area (Å²) < 4.78 is 5.44. The normalized spacial score (nSPS) is 16.2. The van der Waals surface area contributed by atoms with Gasteiger partial charge in [0.2, 0.25) is 0 Å². The average Bonchev–Trinajstić information content (AvgIpc) is 3.15. The number of benzene rings is 3. The van der Waals surface area contributed by atoms with E-state index in [1.165, 1.54) is 17.6 Å². The molecule has 7 nitrogen and oxygen atoms in total. The first-order valence-corrected chi connectivity index (χ1v) is 12.2. The summed E-state index contributed by atoms with van der Waals surface area (Å²) in [5.74, 6) is -0.392. The summed E-state index contributed by atoms with van der Waals surface area (Å²) in [5.41, 5.74) is 3.20. The molecule has 7 heteroatoms. The number of nitrogens with zero attached hydrogens (tertiary/aromatic N) is 2. The van der Waals surface area contributed by atoms with Crippen LogP contribution in [0, 0.1) is 0 Å². The summed E-state index contributed by atoms with van der Waals surface area (Å²) in [4.78, 5) is 42.3. The molecule has 1 saturated heterocycles. The third-order valence-corrected chi connectivity index (χ3v) is 6.90. The monoisotopic (exact) mass is 483 g/mol. The van der Waals surface area contributed by atoms with Crippen molar-refractivity contribution in [3.05, 3.63) is 101 Å². The highest BCUT2D eigenvalue weighted by atomic mass is 16.5. The van der Waals surface area contributed by atoms with Gasteiger partial charge in [0, 0.05) is 25.7 Å². The van der Waals surface area contributed by atoms with Crippen LogP contribution in [0.1, 0.15) is 55.0 Å². The Kier molecular flexibility index (Phi) is 6.82. The number of fused-ring (bicyclic) bond motifs is 1. The SMILES string of the molecule is COc1ccc(CN2C(=O)c3ccccc3C2=O)cc1C(=O)NC1CCN(Cc2ccccc2)CC1. The van der Waals surface area contributed by atoms with E-state index >= 15 is 0 Å². The Hall–Kier alpha value is -3.97. The van der Waals surface area contributed by atoms with Crippen LogP contribution in [0.25, 0.3) is 0 Å². The highest BCUT2D eigenvalue weighted by Gasteiger charge is 2.35. The topological polar surface area (TPSA) is 78.9 Å². The second-order valence-electron chi connectivity index (χ2n) is 9.29. The van der Waals surface area contributed by atoms with Crippen LogP contribution in [0.15, 0.2) is 72.8 Å². The Labute approximate surface area is 210 Å². The Bertz CT molecular complexity index is 1250. The first-order chi connectivity index (χ1) is 17.5. The molecule has 3 amide bonds. The molecule has 5 rings (SSSR count). The molecule has 3 aromatic carbocycles. The number of ether oxygens (including phenoxy) is 1. The highest BCUT2D eigenvalue weighted by Crippen LogP contribution is 2.27. The summed E-state index contributed by atoms with van der Waals surface area (Å²) >= 11 is 0. The van der Waals surface area contributed by atoms with E-state index in [9.17, 15) is 14.4 Å². The number of rotatable bonds is 7. The number of imide groups is 1. The quantitative estimate of drug-likeness (QED) is 0.516. The predicted octanol–water partition coefficient (Wildman–Crippen LogP) is 3.89. The zero-order valence-corrected chi connectivity index (χ0v) is 20.3. The first-order valence-electron chi connectivity index (χ1n) is 12.2. The molecule has 2 aliphatic rings. The summed E-state index contributed by atoms with van der Waals surface area (Å²) in [6.45, 7) is 2.83. The minimum absolute atomic E-state index is 0.0779. The first kappa shape index (κ1) is 23.8. The molecular formula is C29H29N3O4. The maximum Gasteiger partial charge on any atom is 0.261 e. The third-order valence-electron chi connectivity index (χ3n) is 6.90. The Morgan fingerprint density at radius 2 is 1.50 bits per heavy atom. The van der Waals surface area contributed by atoms with Gasteiger partial charge in [-0.15, -0.1) is 0 Å². The van der Waals surface area contributed by atoms with Crippen LogP contribution in [-0.4, -0.2) is 53.8 Å². The zero-order chi connectivity index (χ0) is 25.1. The van der Waals surface area contributed by atoms with Gasteiger partial charge >= 0.3 is 0 Å². The van der Waals surface area contributed by atoms with Crippen LogP contribution in [0.5, 0.6) is 5.75 Å². The van der Waals surface area contributed by atoms with E-state index in [-0.39, 0.29) is 30.3 Å². The molecule has 36 heavy (non-hydrogen) atoms. The van der Waals surface area contributed by atoms with E-state index in [2.05, 4.69) is 34.5 Å². The summed E-state index contributed by atoms with van der Waals surface area (Å²) in [7, 11) is 1.53. The number of carbonyl (C=O) groups excluding carboxylic acids is 3. The molecule has 0 bridgehead atoms. The number of likely N-dealkylation sites (tertiary alicyclic amines) is 1. The fourth-order valence-electron chi connectivity index (χ4n) is 4.94. The minimum atomic E-state index is -0.320. The van der Waals surface area contributed by atoms with Crippen molar-refractivity contribution in [2.45, 2.75) is 32.0 Å². The van der Waals surface area contributed by atoms with Crippen molar-refractivity contribution in [3.63, 3.8) is 0 Å². The van der Waals surface area contributed by atoms with Gasteiger partial charge in [0.05, 0.1) is 30.3 Å². The van der Waals surface area contributed by atoms with Crippen LogP contribution >= 0.6 is 0 Å². The molecule has 0 aliphatic carbocycles. The van der Waals surface area contributed by atoms with Gasteiger partial charge in [0.15, 0.2) is 0 Å². The lowest BCUT2D eigenvalue weighted by Crippen LogP contribution is -2.44. The third kappa shape index (κ3) is 4.88. The molecule has 1 N–H and O–H groups in total. The number of carbonyl (C=O) groups is 3. The van der Waals surface area contributed by atoms with Gasteiger partial charge in [-0.2, -0.15) is 0 Å². The average molecular weight is 484 g/mol. The van der Waals surface area contributed by atoms with E-state index in [4.69, 9.17) is 4.74 Å². The van der Waals surface area contributed by atoms with Crippen molar-refractivity contribution in [2.75, 3.05) is 20.2 Å². The van der Waals surface area contributed by atoms with Gasteiger partial charge in [-0.25, -0.2) is 0 Å². The van der Waals surface area contributed by atoms with E-state index in [0.717, 1.165) is 32.5 Å². The summed E-state index contributed by atoms with van der Waals surface area (Å²) in [6.07, 6.45) is 1.74. The van der Waals surface area contributed by atoms with Crippen molar-refractivity contribution in [2.24, 2.45) is 0 Å². The maximum atomic E-state index is 13.2. The zero-order valence-electron chi connectivity index (χ0n) is 20.3. The minimum Gasteiger partial charge on any atom is -0.496 e. The van der Waals surface area contributed by atoms with Gasteiger partial charge < -0.3 is 10.1 Å². The number of amides is 3. The van der Waals surface area contributed by atoms with Crippen molar-refractivity contribution in [1.29, 1.82) is 0 Å². The Morgan fingerprint density at radius 3 is 2.14 bits per heavy atom. The molecule has 184 valence electrons. The van der Waals surface area contributed by atoms with Gasteiger partial charge in [0.25, 0.3) is 17.7 Å². The molecule has 0 saturated carbocycles. The van der Waals surface area contributed by atoms with Crippen LogP contribution in [0.3, 0.4) is 0 Å². The fraction of sp³-hybridized carbons (Fsp3) is 0.276. The van der Waals surface area contributed by atoms with Gasteiger partial charge in [0.1, 0.15) is 5.75 Å². The Balaban J connectivity index is 1.23. The van der Waals surface area contributed by atoms with E-state index in [0.29, 0.717) is 28.0 Å². The van der Waals surface area contributed by atoms with E-state index < -0.39 is 0 Å². The van der Waals surface area contributed by atoms with Crippen LogP contribution < -0.4 is 10.1 Å². The summed E-state index contributed by atoms with van der Waals surface area (Å²) in [6, 6.07) is 22.5. The van der Waals surface area contributed by atoms with E-state index in [1.807, 2.05) is 6.07 Å². The maximum absolute atomic E-state index is 13.2. The lowest BCUT2D eigenvalue weighted by Gasteiger charge is -2.32. The van der Waals surface area contributed by atoms with E-state index in [1.54, 1.807) is 42.5 Å². The largest absolute Gasteiger partial charge is 0.496 e. The number of nitrogens with one attached hydrogen (secondary N) is 1. The number of methoxy groups -OCH3 is 1. The smallest absolute Gasteiger partial charge is 0.261 e.